The molecule has 2 aromatic carbocycles. The van der Waals surface area contributed by atoms with E-state index in [-0.39, 0.29) is 12.3 Å². The predicted octanol–water partition coefficient (Wildman–Crippen LogP) is 4.89. The molecule has 1 N–H and O–H groups in total. The number of ether oxygens (including phenoxy) is 1. The van der Waals surface area contributed by atoms with Crippen LogP contribution in [0.1, 0.15) is 41.5 Å². The molecule has 168 valence electrons. The number of carbonyl (C=O) groups is 1. The zero-order valence-electron chi connectivity index (χ0n) is 19.1. The van der Waals surface area contributed by atoms with Gasteiger partial charge in [0.25, 0.3) is 0 Å². The maximum absolute atomic E-state index is 11.1. The summed E-state index contributed by atoms with van der Waals surface area (Å²) in [5, 5.41) is 14.6. The molecule has 0 aliphatic rings. The van der Waals surface area contributed by atoms with Crippen molar-refractivity contribution in [3.05, 3.63) is 83.3 Å². The first-order valence-corrected chi connectivity index (χ1v) is 10.9. The number of fused-ring (bicyclic) bond motifs is 1. The summed E-state index contributed by atoms with van der Waals surface area (Å²) in [6, 6.07) is 13.9. The summed E-state index contributed by atoms with van der Waals surface area (Å²) >= 11 is 0. The molecule has 0 amide bonds. The lowest BCUT2D eigenvalue weighted by molar-refractivity contribution is -0.137. The highest BCUT2D eigenvalue weighted by Gasteiger charge is 2.14. The molecule has 0 aliphatic heterocycles. The summed E-state index contributed by atoms with van der Waals surface area (Å²) in [6.07, 6.45) is 6.02. The molecule has 0 aliphatic carbocycles. The lowest BCUT2D eigenvalue weighted by Crippen LogP contribution is -2.05. The first-order chi connectivity index (χ1) is 15.9. The third-order valence-electron chi connectivity index (χ3n) is 5.78. The Balaban J connectivity index is 1.50. The molecular formula is C27H27N3O3. The number of nitrogens with zero attached hydrogens (tertiary/aromatic N) is 3. The van der Waals surface area contributed by atoms with Gasteiger partial charge in [0.2, 0.25) is 0 Å². The fourth-order valence-corrected chi connectivity index (χ4v) is 4.12. The Hall–Kier alpha value is -3.98. The largest absolute Gasteiger partial charge is 0.489 e. The summed E-state index contributed by atoms with van der Waals surface area (Å²) < 4.78 is 10.1. The van der Waals surface area contributed by atoms with Crippen molar-refractivity contribution in [3.63, 3.8) is 0 Å². The third-order valence-corrected chi connectivity index (χ3v) is 5.78. The number of aryl methyl sites for hydroxylation is 2. The topological polar surface area (TPSA) is 69.3 Å². The van der Waals surface area contributed by atoms with E-state index in [9.17, 15) is 4.79 Å². The maximum Gasteiger partial charge on any atom is 0.304 e. The van der Waals surface area contributed by atoms with Crippen molar-refractivity contribution in [2.24, 2.45) is 7.05 Å². The molecular weight excluding hydrogens is 414 g/mol. The molecule has 0 bridgehead atoms. The van der Waals surface area contributed by atoms with Crippen LogP contribution in [0.25, 0.3) is 10.9 Å². The summed E-state index contributed by atoms with van der Waals surface area (Å²) in [6.45, 7) is 5.07. The molecule has 0 radical (unpaired) electrons. The minimum Gasteiger partial charge on any atom is -0.489 e. The van der Waals surface area contributed by atoms with Crippen LogP contribution < -0.4 is 4.74 Å². The number of aliphatic carboxylic acids is 1. The van der Waals surface area contributed by atoms with Gasteiger partial charge in [0, 0.05) is 25.0 Å². The van der Waals surface area contributed by atoms with Crippen LogP contribution in [0, 0.1) is 18.8 Å². The lowest BCUT2D eigenvalue weighted by Gasteiger charge is -2.13. The summed E-state index contributed by atoms with van der Waals surface area (Å²) in [4.78, 5) is 11.1. The standard InChI is InChI=1S/C27H27N3O3/c1-4-5-23(14-26(31)32)21-8-10-25(11-9-21)33-18-24-7-6-22-12-13-30(27(22)19(24)2)17-20-15-28-29(3)16-20/h6-13,15-16,23H,14,17-18H2,1-3H3,(H,31,32)/t23-/m0/s1. The van der Waals surface area contributed by atoms with E-state index in [1.807, 2.05) is 48.4 Å². The van der Waals surface area contributed by atoms with Gasteiger partial charge in [-0.05, 0) is 54.1 Å². The van der Waals surface area contributed by atoms with Crippen LogP contribution in [0.2, 0.25) is 0 Å². The Morgan fingerprint density at radius 1 is 1.18 bits per heavy atom. The molecule has 6 nitrogen and oxygen atoms in total. The fourth-order valence-electron chi connectivity index (χ4n) is 4.12. The summed E-state index contributed by atoms with van der Waals surface area (Å²) in [5.41, 5.74) is 5.55. The van der Waals surface area contributed by atoms with Crippen molar-refractivity contribution < 1.29 is 14.6 Å². The zero-order chi connectivity index (χ0) is 23.4. The number of carboxylic acid groups (broad SMARTS) is 1. The second kappa shape index (κ2) is 9.66. The van der Waals surface area contributed by atoms with Gasteiger partial charge < -0.3 is 14.4 Å². The van der Waals surface area contributed by atoms with Crippen LogP contribution in [0.3, 0.4) is 0 Å². The third kappa shape index (κ3) is 5.09. The Morgan fingerprint density at radius 3 is 2.64 bits per heavy atom. The quantitative estimate of drug-likeness (QED) is 0.395. The minimum absolute atomic E-state index is 0.0149. The van der Waals surface area contributed by atoms with Crippen molar-refractivity contribution in [2.45, 2.75) is 39.3 Å². The van der Waals surface area contributed by atoms with Crippen LogP contribution in [0.5, 0.6) is 5.75 Å². The molecule has 33 heavy (non-hydrogen) atoms. The fraction of sp³-hybridized carbons (Fsp3) is 0.259. The van der Waals surface area contributed by atoms with Gasteiger partial charge >= 0.3 is 5.97 Å². The number of benzene rings is 2. The van der Waals surface area contributed by atoms with Crippen molar-refractivity contribution in [3.8, 4) is 17.6 Å². The molecule has 0 spiro atoms. The van der Waals surface area contributed by atoms with Crippen LogP contribution in [0.15, 0.2) is 61.1 Å². The monoisotopic (exact) mass is 441 g/mol. The molecule has 2 aromatic heterocycles. The van der Waals surface area contributed by atoms with Crippen LogP contribution in [0.4, 0.5) is 0 Å². The summed E-state index contributed by atoms with van der Waals surface area (Å²) in [5.74, 6) is 5.35. The first-order valence-electron chi connectivity index (χ1n) is 10.9. The molecule has 0 saturated carbocycles. The number of aromatic nitrogens is 3. The average Bonchev–Trinajstić information content (AvgIpc) is 3.39. The summed E-state index contributed by atoms with van der Waals surface area (Å²) in [7, 11) is 1.92. The number of carboxylic acids is 1. The molecule has 2 heterocycles. The van der Waals surface area contributed by atoms with Gasteiger partial charge in [0.15, 0.2) is 0 Å². The Morgan fingerprint density at radius 2 is 1.97 bits per heavy atom. The molecule has 4 rings (SSSR count). The smallest absolute Gasteiger partial charge is 0.304 e. The molecule has 0 unspecified atom stereocenters. The molecule has 4 aromatic rings. The lowest BCUT2D eigenvalue weighted by atomic mass is 9.96. The maximum atomic E-state index is 11.1. The van der Waals surface area contributed by atoms with E-state index in [2.05, 4.69) is 52.8 Å². The van der Waals surface area contributed by atoms with Gasteiger partial charge in [-0.3, -0.25) is 9.48 Å². The average molecular weight is 442 g/mol. The molecule has 0 fully saturated rings. The Labute approximate surface area is 193 Å². The van der Waals surface area contributed by atoms with Gasteiger partial charge in [-0.15, -0.1) is 5.92 Å². The Kier molecular flexibility index (Phi) is 6.50. The molecule has 1 atom stereocenters. The van der Waals surface area contributed by atoms with Crippen molar-refractivity contribution in [1.82, 2.24) is 14.3 Å². The predicted molar refractivity (Wildman–Crippen MR) is 128 cm³/mol. The normalized spacial score (nSPS) is 11.7. The van der Waals surface area contributed by atoms with Crippen molar-refractivity contribution >= 4 is 16.9 Å². The van der Waals surface area contributed by atoms with Crippen molar-refractivity contribution in [2.75, 3.05) is 0 Å². The van der Waals surface area contributed by atoms with Gasteiger partial charge in [0.1, 0.15) is 12.4 Å². The van der Waals surface area contributed by atoms with Gasteiger partial charge in [-0.1, -0.05) is 30.2 Å². The second-order valence-electron chi connectivity index (χ2n) is 8.16. The number of hydrogen-bond acceptors (Lipinski definition) is 3. The van der Waals surface area contributed by atoms with Gasteiger partial charge in [0.05, 0.1) is 30.6 Å². The van der Waals surface area contributed by atoms with E-state index < -0.39 is 5.97 Å². The SMILES string of the molecule is CC#C[C@@H](CC(=O)O)c1ccc(OCc2ccc3ccn(Cc4cnn(C)c4)c3c2C)cc1. The first kappa shape index (κ1) is 22.2. The highest BCUT2D eigenvalue weighted by atomic mass is 16.5. The minimum atomic E-state index is -0.859. The highest BCUT2D eigenvalue weighted by Crippen LogP contribution is 2.26. The van der Waals surface area contributed by atoms with Crippen molar-refractivity contribution in [1.29, 1.82) is 0 Å². The Bertz CT molecular complexity index is 1340. The van der Waals surface area contributed by atoms with Crippen LogP contribution >= 0.6 is 0 Å². The second-order valence-corrected chi connectivity index (χ2v) is 8.16. The molecule has 6 heteroatoms. The number of hydrogen-bond donors (Lipinski definition) is 1. The van der Waals surface area contributed by atoms with E-state index in [4.69, 9.17) is 9.84 Å². The molecule has 0 saturated heterocycles. The van der Waals surface area contributed by atoms with E-state index in [1.165, 1.54) is 16.5 Å². The van der Waals surface area contributed by atoms with Gasteiger partial charge in [-0.2, -0.15) is 5.10 Å². The van der Waals surface area contributed by atoms with E-state index in [0.717, 1.165) is 29.0 Å². The van der Waals surface area contributed by atoms with E-state index in [0.29, 0.717) is 6.61 Å². The van der Waals surface area contributed by atoms with E-state index >= 15 is 0 Å². The van der Waals surface area contributed by atoms with E-state index in [1.54, 1.807) is 6.92 Å². The van der Waals surface area contributed by atoms with Gasteiger partial charge in [-0.25, -0.2) is 0 Å². The van der Waals surface area contributed by atoms with Crippen LogP contribution in [-0.2, 0) is 25.0 Å². The number of rotatable bonds is 8. The van der Waals surface area contributed by atoms with Crippen LogP contribution in [-0.4, -0.2) is 25.4 Å². The highest BCUT2D eigenvalue weighted by molar-refractivity contribution is 5.84. The zero-order valence-corrected chi connectivity index (χ0v) is 19.1.